The summed E-state index contributed by atoms with van der Waals surface area (Å²) in [6, 6.07) is 7.42. The second-order valence-corrected chi connectivity index (χ2v) is 5.64. The molecule has 0 saturated carbocycles. The van der Waals surface area contributed by atoms with Gasteiger partial charge in [0.25, 0.3) is 0 Å². The predicted octanol–water partition coefficient (Wildman–Crippen LogP) is 2.21. The van der Waals surface area contributed by atoms with Crippen LogP contribution in [0.4, 0.5) is 5.69 Å². The van der Waals surface area contributed by atoms with E-state index < -0.39 is 0 Å². The van der Waals surface area contributed by atoms with Crippen LogP contribution in [-0.2, 0) is 9.53 Å². The first kappa shape index (κ1) is 14.6. The Morgan fingerprint density at radius 1 is 1.35 bits per heavy atom. The van der Waals surface area contributed by atoms with Crippen LogP contribution >= 0.6 is 0 Å². The number of nitrogens with one attached hydrogen (secondary N) is 1. The second kappa shape index (κ2) is 6.57. The Morgan fingerprint density at radius 2 is 2.00 bits per heavy atom. The fourth-order valence-electron chi connectivity index (χ4n) is 2.18. The van der Waals surface area contributed by atoms with Crippen LogP contribution in [0.1, 0.15) is 25.3 Å². The van der Waals surface area contributed by atoms with Gasteiger partial charge in [0.2, 0.25) is 5.91 Å². The molecule has 0 unspecified atom stereocenters. The molecule has 20 heavy (non-hydrogen) atoms. The molecule has 108 valence electrons. The first-order valence-corrected chi connectivity index (χ1v) is 6.97. The van der Waals surface area contributed by atoms with Gasteiger partial charge in [0.1, 0.15) is 0 Å². The Hall–Kier alpha value is -1.81. The highest BCUT2D eigenvalue weighted by atomic mass is 16.5. The number of hydrogen-bond acceptors (Lipinski definition) is 3. The molecule has 3 N–H and O–H groups in total. The molecule has 0 atom stereocenters. The van der Waals surface area contributed by atoms with Gasteiger partial charge in [-0.05, 0) is 42.0 Å². The molecule has 0 aliphatic carbocycles. The summed E-state index contributed by atoms with van der Waals surface area (Å²) >= 11 is 0. The quantitative estimate of drug-likeness (QED) is 0.653. The molecule has 1 saturated heterocycles. The van der Waals surface area contributed by atoms with Crippen molar-refractivity contribution in [1.82, 2.24) is 5.32 Å². The third kappa shape index (κ3) is 4.38. The lowest BCUT2D eigenvalue weighted by Crippen LogP contribution is -2.38. The highest BCUT2D eigenvalue weighted by Gasteiger charge is 2.27. The van der Waals surface area contributed by atoms with Gasteiger partial charge in [-0.25, -0.2) is 0 Å². The van der Waals surface area contributed by atoms with Crippen LogP contribution in [0, 0.1) is 5.41 Å². The van der Waals surface area contributed by atoms with Crippen molar-refractivity contribution in [3.05, 3.63) is 35.9 Å². The van der Waals surface area contributed by atoms with Gasteiger partial charge in [-0.1, -0.05) is 19.1 Å². The van der Waals surface area contributed by atoms with E-state index in [4.69, 9.17) is 10.5 Å². The highest BCUT2D eigenvalue weighted by molar-refractivity contribution is 5.91. The Bertz CT molecular complexity index is 474. The minimum atomic E-state index is -0.0606. The van der Waals surface area contributed by atoms with Gasteiger partial charge in [-0.2, -0.15) is 0 Å². The van der Waals surface area contributed by atoms with Crippen molar-refractivity contribution < 1.29 is 9.53 Å². The van der Waals surface area contributed by atoms with Gasteiger partial charge in [0.15, 0.2) is 0 Å². The van der Waals surface area contributed by atoms with Crippen molar-refractivity contribution in [2.75, 3.05) is 25.5 Å². The van der Waals surface area contributed by atoms with Crippen molar-refractivity contribution in [2.45, 2.75) is 19.8 Å². The molecule has 4 heteroatoms. The first-order valence-electron chi connectivity index (χ1n) is 6.97. The van der Waals surface area contributed by atoms with E-state index in [1.807, 2.05) is 24.3 Å². The predicted molar refractivity (Wildman–Crippen MR) is 81.1 cm³/mol. The Balaban J connectivity index is 1.81. The van der Waals surface area contributed by atoms with Crippen LogP contribution in [0.15, 0.2) is 30.3 Å². The monoisotopic (exact) mass is 274 g/mol. The summed E-state index contributed by atoms with van der Waals surface area (Å²) in [5.41, 5.74) is 7.46. The van der Waals surface area contributed by atoms with Crippen LogP contribution in [0.25, 0.3) is 6.08 Å². The number of anilines is 1. The third-order valence-electron chi connectivity index (χ3n) is 3.75. The van der Waals surface area contributed by atoms with Gasteiger partial charge < -0.3 is 15.8 Å². The van der Waals surface area contributed by atoms with E-state index in [-0.39, 0.29) is 11.3 Å². The number of carbonyl (C=O) groups is 1. The van der Waals surface area contributed by atoms with E-state index in [0.29, 0.717) is 6.54 Å². The van der Waals surface area contributed by atoms with E-state index in [1.165, 1.54) is 0 Å². The molecular formula is C16H22N2O2. The van der Waals surface area contributed by atoms with Crippen molar-refractivity contribution >= 4 is 17.7 Å². The van der Waals surface area contributed by atoms with Crippen LogP contribution in [0.2, 0.25) is 0 Å². The molecule has 1 aromatic carbocycles. The summed E-state index contributed by atoms with van der Waals surface area (Å²) in [5.74, 6) is -0.0606. The minimum absolute atomic E-state index is 0.0606. The first-order chi connectivity index (χ1) is 9.57. The highest BCUT2D eigenvalue weighted by Crippen LogP contribution is 2.28. The Kier molecular flexibility index (Phi) is 4.79. The largest absolute Gasteiger partial charge is 0.399 e. The number of benzene rings is 1. The van der Waals surface area contributed by atoms with Crippen molar-refractivity contribution in [3.8, 4) is 0 Å². The van der Waals surface area contributed by atoms with Gasteiger partial charge >= 0.3 is 0 Å². The summed E-state index contributed by atoms with van der Waals surface area (Å²) < 4.78 is 5.35. The smallest absolute Gasteiger partial charge is 0.244 e. The lowest BCUT2D eigenvalue weighted by atomic mass is 9.82. The molecule has 0 spiro atoms. The van der Waals surface area contributed by atoms with E-state index >= 15 is 0 Å². The molecule has 4 nitrogen and oxygen atoms in total. The van der Waals surface area contributed by atoms with Gasteiger partial charge in [-0.3, -0.25) is 4.79 Å². The van der Waals surface area contributed by atoms with Gasteiger partial charge in [0.05, 0.1) is 0 Å². The topological polar surface area (TPSA) is 64.4 Å². The van der Waals surface area contributed by atoms with E-state index in [1.54, 1.807) is 12.2 Å². The van der Waals surface area contributed by atoms with Gasteiger partial charge in [-0.15, -0.1) is 0 Å². The molecular weight excluding hydrogens is 252 g/mol. The zero-order valence-corrected chi connectivity index (χ0v) is 11.9. The van der Waals surface area contributed by atoms with Gasteiger partial charge in [0, 0.05) is 31.5 Å². The van der Waals surface area contributed by atoms with Crippen LogP contribution in [-0.4, -0.2) is 25.7 Å². The Labute approximate surface area is 120 Å². The molecule has 0 radical (unpaired) electrons. The lowest BCUT2D eigenvalue weighted by Gasteiger charge is -2.33. The maximum absolute atomic E-state index is 11.8. The number of nitrogens with two attached hydrogens (primary N) is 1. The summed E-state index contributed by atoms with van der Waals surface area (Å²) in [6.45, 7) is 4.46. The number of nitrogen functional groups attached to an aromatic ring is 1. The third-order valence-corrected chi connectivity index (χ3v) is 3.75. The van der Waals surface area contributed by atoms with Crippen molar-refractivity contribution in [2.24, 2.45) is 5.41 Å². The average Bonchev–Trinajstić information content (AvgIpc) is 2.45. The summed E-state index contributed by atoms with van der Waals surface area (Å²) in [7, 11) is 0. The molecule has 1 fully saturated rings. The fraction of sp³-hybridized carbons (Fsp3) is 0.438. The van der Waals surface area contributed by atoms with E-state index in [2.05, 4.69) is 12.2 Å². The molecule has 1 aliphatic rings. The SMILES string of the molecule is CC1(CNC(=O)/C=C/c2ccc(N)cc2)CCOCC1. The normalized spacial score (nSPS) is 18.1. The molecule has 1 heterocycles. The number of rotatable bonds is 4. The van der Waals surface area contributed by atoms with E-state index in [0.717, 1.165) is 37.3 Å². The van der Waals surface area contributed by atoms with Crippen molar-refractivity contribution in [3.63, 3.8) is 0 Å². The van der Waals surface area contributed by atoms with Crippen LogP contribution in [0.3, 0.4) is 0 Å². The minimum Gasteiger partial charge on any atom is -0.399 e. The molecule has 2 rings (SSSR count). The Morgan fingerprint density at radius 3 is 2.65 bits per heavy atom. The zero-order valence-electron chi connectivity index (χ0n) is 11.9. The average molecular weight is 274 g/mol. The molecule has 1 aliphatic heterocycles. The maximum atomic E-state index is 11.8. The molecule has 0 aromatic heterocycles. The molecule has 1 amide bonds. The molecule has 1 aromatic rings. The zero-order chi connectivity index (χ0) is 14.4. The summed E-state index contributed by atoms with van der Waals surface area (Å²) in [6.07, 6.45) is 5.35. The number of ether oxygens (including phenoxy) is 1. The second-order valence-electron chi connectivity index (χ2n) is 5.64. The maximum Gasteiger partial charge on any atom is 0.244 e. The summed E-state index contributed by atoms with van der Waals surface area (Å²) in [5, 5.41) is 2.97. The van der Waals surface area contributed by atoms with E-state index in [9.17, 15) is 4.79 Å². The fourth-order valence-corrected chi connectivity index (χ4v) is 2.18. The standard InChI is InChI=1S/C16H22N2O2/c1-16(8-10-20-11-9-16)12-18-15(19)7-4-13-2-5-14(17)6-3-13/h2-7H,8-12,17H2,1H3,(H,18,19)/b7-4+. The van der Waals surface area contributed by atoms with Crippen LogP contribution < -0.4 is 11.1 Å². The lowest BCUT2D eigenvalue weighted by molar-refractivity contribution is -0.117. The molecule has 0 bridgehead atoms. The number of hydrogen-bond donors (Lipinski definition) is 2. The summed E-state index contributed by atoms with van der Waals surface area (Å²) in [4.78, 5) is 11.8. The number of carbonyl (C=O) groups excluding carboxylic acids is 1. The number of amides is 1. The van der Waals surface area contributed by atoms with Crippen molar-refractivity contribution in [1.29, 1.82) is 0 Å². The van der Waals surface area contributed by atoms with Crippen LogP contribution in [0.5, 0.6) is 0 Å².